The zero-order valence-corrected chi connectivity index (χ0v) is 11.5. The Morgan fingerprint density at radius 3 is 2.75 bits per heavy atom. The number of hydrogen-bond acceptors (Lipinski definition) is 4. The molecule has 0 heterocycles. The molecule has 0 saturated heterocycles. The lowest BCUT2D eigenvalue weighted by Gasteiger charge is -2.39. The zero-order chi connectivity index (χ0) is 14.9. The van der Waals surface area contributed by atoms with Gasteiger partial charge in [0.15, 0.2) is 0 Å². The molecular weight excluding hydrogens is 282 g/mol. The van der Waals surface area contributed by atoms with E-state index < -0.39 is 16.2 Å². The van der Waals surface area contributed by atoms with Gasteiger partial charge in [0, 0.05) is 11.1 Å². The summed E-state index contributed by atoms with van der Waals surface area (Å²) in [5, 5.41) is 22.8. The quantitative estimate of drug-likeness (QED) is 0.684. The van der Waals surface area contributed by atoms with E-state index in [0.29, 0.717) is 18.8 Å². The summed E-state index contributed by atoms with van der Waals surface area (Å²) in [4.78, 5) is 22.5. The number of hydrogen-bond donors (Lipinski definition) is 1. The van der Waals surface area contributed by atoms with E-state index in [-0.39, 0.29) is 16.4 Å². The maximum atomic E-state index is 12.2. The average Bonchev–Trinajstić information content (AvgIpc) is 2.36. The number of nitro benzene ring substituents is 1. The van der Waals surface area contributed by atoms with Crippen molar-refractivity contribution >= 4 is 28.9 Å². The summed E-state index contributed by atoms with van der Waals surface area (Å²) in [6.45, 7) is 1.95. The maximum absolute atomic E-state index is 12.2. The molecule has 6 nitrogen and oxygen atoms in total. The normalized spacial score (nSPS) is 24.4. The lowest BCUT2D eigenvalue weighted by Crippen LogP contribution is -2.45. The molecule has 0 unspecified atom stereocenters. The lowest BCUT2D eigenvalue weighted by molar-refractivity contribution is -0.383. The van der Waals surface area contributed by atoms with E-state index in [1.807, 2.05) is 13.0 Å². The van der Waals surface area contributed by atoms with E-state index in [1.54, 1.807) is 0 Å². The van der Waals surface area contributed by atoms with Gasteiger partial charge in [-0.25, -0.2) is 0 Å². The van der Waals surface area contributed by atoms with Crippen LogP contribution >= 0.6 is 11.6 Å². The van der Waals surface area contributed by atoms with Gasteiger partial charge in [-0.05, 0) is 30.9 Å². The van der Waals surface area contributed by atoms with Crippen LogP contribution in [-0.4, -0.2) is 10.8 Å². The largest absolute Gasteiger partial charge is 0.319 e. The van der Waals surface area contributed by atoms with Crippen LogP contribution in [0.2, 0.25) is 5.02 Å². The molecule has 0 aliphatic heterocycles. The first kappa shape index (κ1) is 14.3. The summed E-state index contributed by atoms with van der Waals surface area (Å²) < 4.78 is 0. The average molecular weight is 294 g/mol. The summed E-state index contributed by atoms with van der Waals surface area (Å²) in [6.07, 6.45) is 0.938. The van der Waals surface area contributed by atoms with Crippen molar-refractivity contribution in [2.45, 2.75) is 19.8 Å². The number of rotatable bonds is 3. The lowest BCUT2D eigenvalue weighted by atomic mass is 9.63. The number of carbonyl (C=O) groups excluding carboxylic acids is 1. The van der Waals surface area contributed by atoms with Crippen molar-refractivity contribution in [1.82, 2.24) is 0 Å². The van der Waals surface area contributed by atoms with Crippen LogP contribution in [0.5, 0.6) is 0 Å². The molecule has 0 radical (unpaired) electrons. The van der Waals surface area contributed by atoms with Gasteiger partial charge in [-0.1, -0.05) is 18.5 Å². The van der Waals surface area contributed by atoms with Crippen molar-refractivity contribution in [2.75, 3.05) is 5.32 Å². The van der Waals surface area contributed by atoms with E-state index in [4.69, 9.17) is 16.9 Å². The molecule has 104 valence electrons. The highest BCUT2D eigenvalue weighted by Gasteiger charge is 2.49. The predicted molar refractivity (Wildman–Crippen MR) is 73.2 cm³/mol. The van der Waals surface area contributed by atoms with Gasteiger partial charge in [0.2, 0.25) is 5.91 Å². The SMILES string of the molecule is CC1CC(C#N)(C(=O)Nc2ccc(Cl)cc2[N+](=O)[O-])C1. The number of nitrogens with zero attached hydrogens (tertiary/aromatic N) is 2. The number of benzene rings is 1. The minimum absolute atomic E-state index is 0.0542. The van der Waals surface area contributed by atoms with Gasteiger partial charge in [-0.2, -0.15) is 5.26 Å². The Morgan fingerprint density at radius 1 is 1.60 bits per heavy atom. The Hall–Kier alpha value is -2.13. The van der Waals surface area contributed by atoms with Crippen LogP contribution < -0.4 is 5.32 Å². The molecule has 0 spiro atoms. The van der Waals surface area contributed by atoms with Crippen molar-refractivity contribution in [1.29, 1.82) is 5.26 Å². The van der Waals surface area contributed by atoms with Crippen LogP contribution in [0.3, 0.4) is 0 Å². The Morgan fingerprint density at radius 2 is 2.25 bits per heavy atom. The first-order chi connectivity index (χ1) is 9.38. The van der Waals surface area contributed by atoms with Crippen molar-refractivity contribution in [3.05, 3.63) is 33.3 Å². The summed E-state index contributed by atoms with van der Waals surface area (Å²) in [5.41, 5.74) is -1.31. The number of halogens is 1. The minimum atomic E-state index is -1.08. The second kappa shape index (κ2) is 5.10. The van der Waals surface area contributed by atoms with Crippen LogP contribution in [0.15, 0.2) is 18.2 Å². The molecule has 1 N–H and O–H groups in total. The van der Waals surface area contributed by atoms with Gasteiger partial charge >= 0.3 is 0 Å². The molecule has 1 amide bonds. The van der Waals surface area contributed by atoms with E-state index in [0.717, 1.165) is 0 Å². The number of amides is 1. The molecule has 1 aliphatic carbocycles. The van der Waals surface area contributed by atoms with Crippen LogP contribution in [-0.2, 0) is 4.79 Å². The van der Waals surface area contributed by atoms with E-state index in [9.17, 15) is 14.9 Å². The number of nitro groups is 1. The second-order valence-corrected chi connectivity index (χ2v) is 5.52. The van der Waals surface area contributed by atoms with E-state index in [1.165, 1.54) is 18.2 Å². The van der Waals surface area contributed by atoms with Crippen molar-refractivity contribution < 1.29 is 9.72 Å². The molecule has 0 aromatic heterocycles. The van der Waals surface area contributed by atoms with Crippen molar-refractivity contribution in [2.24, 2.45) is 11.3 Å². The molecule has 1 aromatic carbocycles. The molecule has 2 rings (SSSR count). The molecular formula is C13H12ClN3O3. The smallest absolute Gasteiger partial charge is 0.294 e. The van der Waals surface area contributed by atoms with Gasteiger partial charge in [0.1, 0.15) is 11.1 Å². The fourth-order valence-electron chi connectivity index (χ4n) is 2.46. The molecule has 1 saturated carbocycles. The standard InChI is InChI=1S/C13H12ClN3O3/c1-8-5-13(6-8,7-15)12(18)16-10-3-2-9(14)4-11(10)17(19)20/h2-4,8H,5-6H2,1H3,(H,16,18). The molecule has 1 aromatic rings. The molecule has 7 heteroatoms. The van der Waals surface area contributed by atoms with Crippen LogP contribution in [0.1, 0.15) is 19.8 Å². The first-order valence-electron chi connectivity index (χ1n) is 6.04. The molecule has 1 fully saturated rings. The highest BCUT2D eigenvalue weighted by Crippen LogP contribution is 2.46. The first-order valence-corrected chi connectivity index (χ1v) is 6.42. The summed E-state index contributed by atoms with van der Waals surface area (Å²) in [6, 6.07) is 6.00. The van der Waals surface area contributed by atoms with E-state index >= 15 is 0 Å². The fourth-order valence-corrected chi connectivity index (χ4v) is 2.63. The Bertz CT molecular complexity index is 618. The highest BCUT2D eigenvalue weighted by atomic mass is 35.5. The fraction of sp³-hybridized carbons (Fsp3) is 0.385. The summed E-state index contributed by atoms with van der Waals surface area (Å²) in [5.74, 6) is -0.191. The van der Waals surface area contributed by atoms with Crippen molar-refractivity contribution in [3.8, 4) is 6.07 Å². The van der Waals surface area contributed by atoms with Gasteiger partial charge in [0.25, 0.3) is 5.69 Å². The highest BCUT2D eigenvalue weighted by molar-refractivity contribution is 6.31. The third kappa shape index (κ3) is 2.45. The minimum Gasteiger partial charge on any atom is -0.319 e. The van der Waals surface area contributed by atoms with Crippen LogP contribution in [0.4, 0.5) is 11.4 Å². The Balaban J connectivity index is 2.25. The zero-order valence-electron chi connectivity index (χ0n) is 10.7. The summed E-state index contributed by atoms with van der Waals surface area (Å²) >= 11 is 5.70. The van der Waals surface area contributed by atoms with Crippen LogP contribution in [0, 0.1) is 32.8 Å². The number of nitrogens with one attached hydrogen (secondary N) is 1. The van der Waals surface area contributed by atoms with Gasteiger partial charge in [-0.3, -0.25) is 14.9 Å². The van der Waals surface area contributed by atoms with Gasteiger partial charge in [0.05, 0.1) is 11.0 Å². The third-order valence-electron chi connectivity index (χ3n) is 3.45. The van der Waals surface area contributed by atoms with Crippen LogP contribution in [0.25, 0.3) is 0 Å². The second-order valence-electron chi connectivity index (χ2n) is 5.08. The summed E-state index contributed by atoms with van der Waals surface area (Å²) in [7, 11) is 0. The predicted octanol–water partition coefficient (Wildman–Crippen LogP) is 3.13. The molecule has 0 atom stereocenters. The molecule has 1 aliphatic rings. The molecule has 0 bridgehead atoms. The monoisotopic (exact) mass is 293 g/mol. The van der Waals surface area contributed by atoms with Gasteiger partial charge < -0.3 is 5.32 Å². The number of carbonyl (C=O) groups is 1. The number of nitriles is 1. The van der Waals surface area contributed by atoms with Crippen molar-refractivity contribution in [3.63, 3.8) is 0 Å². The topological polar surface area (TPSA) is 96.0 Å². The van der Waals surface area contributed by atoms with E-state index in [2.05, 4.69) is 5.32 Å². The third-order valence-corrected chi connectivity index (χ3v) is 3.68. The Labute approximate surface area is 120 Å². The molecule has 20 heavy (non-hydrogen) atoms. The maximum Gasteiger partial charge on any atom is 0.294 e. The number of anilines is 1. The Kier molecular flexibility index (Phi) is 3.64. The van der Waals surface area contributed by atoms with Gasteiger partial charge in [-0.15, -0.1) is 0 Å².